The lowest BCUT2D eigenvalue weighted by Crippen LogP contribution is -2.25. The molecule has 0 bridgehead atoms. The van der Waals surface area contributed by atoms with Gasteiger partial charge in [0.25, 0.3) is 0 Å². The predicted molar refractivity (Wildman–Crippen MR) is 101 cm³/mol. The van der Waals surface area contributed by atoms with E-state index in [-0.39, 0.29) is 24.5 Å². The first-order valence-corrected chi connectivity index (χ1v) is 10.0. The number of rotatable bonds is 8. The van der Waals surface area contributed by atoms with E-state index < -0.39 is 16.0 Å². The Morgan fingerprint density at radius 1 is 1.15 bits per heavy atom. The maximum Gasteiger partial charge on any atom is 0.306 e. The van der Waals surface area contributed by atoms with Crippen LogP contribution < -0.4 is 4.72 Å². The lowest BCUT2D eigenvalue weighted by Gasteiger charge is -2.09. The Morgan fingerprint density at radius 3 is 2.59 bits per heavy atom. The molecule has 0 unspecified atom stereocenters. The number of nitrogens with one attached hydrogen (secondary N) is 1. The largest absolute Gasteiger partial charge is 0.461 e. The highest BCUT2D eigenvalue weighted by Gasteiger charge is 2.14. The third-order valence-corrected chi connectivity index (χ3v) is 5.62. The molecule has 1 N–H and O–H groups in total. The van der Waals surface area contributed by atoms with Gasteiger partial charge >= 0.3 is 5.97 Å². The molecule has 0 spiro atoms. The molecule has 0 aliphatic rings. The van der Waals surface area contributed by atoms with E-state index >= 15 is 0 Å². The summed E-state index contributed by atoms with van der Waals surface area (Å²) < 4.78 is 32.2. The number of carbonyl (C=O) groups excluding carboxylic acids is 1. The van der Waals surface area contributed by atoms with Crippen LogP contribution in [0.5, 0.6) is 0 Å². The summed E-state index contributed by atoms with van der Waals surface area (Å²) in [6.07, 6.45) is 0.410. The van der Waals surface area contributed by atoms with Crippen LogP contribution in [0.15, 0.2) is 47.4 Å². The van der Waals surface area contributed by atoms with Crippen molar-refractivity contribution in [3.05, 3.63) is 64.7 Å². The molecule has 2 aromatic carbocycles. The summed E-state index contributed by atoms with van der Waals surface area (Å²) >= 11 is 0. The first-order chi connectivity index (χ1) is 12.8. The van der Waals surface area contributed by atoms with E-state index in [1.54, 1.807) is 42.5 Å². The number of nitrogens with zero attached hydrogens (tertiary/aromatic N) is 1. The standard InChI is InChI=1S/C20H22N2O4S/c1-15-9-10-19(12-16(15)2)27(24,25)22-11-5-8-20(23)26-14-18-7-4-3-6-17(18)13-21/h3-4,6-7,9-10,12,22H,5,8,11,14H2,1-2H3. The van der Waals surface area contributed by atoms with Crippen LogP contribution in [0.2, 0.25) is 0 Å². The Hall–Kier alpha value is -2.69. The SMILES string of the molecule is Cc1ccc(S(=O)(=O)NCCCC(=O)OCc2ccccc2C#N)cc1C. The van der Waals surface area contributed by atoms with Crippen molar-refractivity contribution in [1.29, 1.82) is 5.26 Å². The average Bonchev–Trinajstić information content (AvgIpc) is 2.65. The molecule has 0 fully saturated rings. The first kappa shape index (κ1) is 20.6. The topological polar surface area (TPSA) is 96.3 Å². The summed E-state index contributed by atoms with van der Waals surface area (Å²) in [6, 6.07) is 13.9. The monoisotopic (exact) mass is 386 g/mol. The first-order valence-electron chi connectivity index (χ1n) is 8.54. The number of esters is 1. The predicted octanol–water partition coefficient (Wildman–Crippen LogP) is 2.98. The molecule has 0 aromatic heterocycles. The van der Waals surface area contributed by atoms with Gasteiger partial charge in [-0.2, -0.15) is 5.26 Å². The number of ether oxygens (including phenoxy) is 1. The van der Waals surface area contributed by atoms with Gasteiger partial charge in [0.2, 0.25) is 10.0 Å². The normalized spacial score (nSPS) is 11.0. The number of hydrogen-bond acceptors (Lipinski definition) is 5. The molecule has 27 heavy (non-hydrogen) atoms. The molecular formula is C20H22N2O4S. The number of nitriles is 1. The fraction of sp³-hybridized carbons (Fsp3) is 0.300. The summed E-state index contributed by atoms with van der Waals surface area (Å²) in [5.41, 5.74) is 3.03. The highest BCUT2D eigenvalue weighted by molar-refractivity contribution is 7.89. The Labute approximate surface area is 159 Å². The van der Waals surface area contributed by atoms with Crippen LogP contribution in [0.1, 0.15) is 35.1 Å². The summed E-state index contributed by atoms with van der Waals surface area (Å²) in [6.45, 7) is 3.94. The second-order valence-corrected chi connectivity index (χ2v) is 7.94. The zero-order valence-corrected chi connectivity index (χ0v) is 16.2. The van der Waals surface area contributed by atoms with E-state index in [1.807, 2.05) is 19.9 Å². The van der Waals surface area contributed by atoms with Gasteiger partial charge in [-0.15, -0.1) is 0 Å². The quantitative estimate of drug-likeness (QED) is 0.556. The highest BCUT2D eigenvalue weighted by atomic mass is 32.2. The van der Waals surface area contributed by atoms with E-state index in [0.717, 1.165) is 11.1 Å². The number of aryl methyl sites for hydroxylation is 2. The number of sulfonamides is 1. The minimum absolute atomic E-state index is 0.0247. The van der Waals surface area contributed by atoms with Gasteiger partial charge in [-0.25, -0.2) is 13.1 Å². The minimum Gasteiger partial charge on any atom is -0.461 e. The molecule has 2 aromatic rings. The number of benzene rings is 2. The van der Waals surface area contributed by atoms with Crippen molar-refractivity contribution in [2.75, 3.05) is 6.54 Å². The van der Waals surface area contributed by atoms with Crippen molar-refractivity contribution < 1.29 is 17.9 Å². The van der Waals surface area contributed by atoms with Crippen LogP contribution in [0.25, 0.3) is 0 Å². The van der Waals surface area contributed by atoms with Crippen LogP contribution in [0.3, 0.4) is 0 Å². The molecule has 0 atom stereocenters. The second kappa shape index (κ2) is 9.31. The van der Waals surface area contributed by atoms with Crippen molar-refractivity contribution in [3.8, 4) is 6.07 Å². The van der Waals surface area contributed by atoms with Crippen molar-refractivity contribution in [2.45, 2.75) is 38.2 Å². The van der Waals surface area contributed by atoms with Crippen molar-refractivity contribution in [2.24, 2.45) is 0 Å². The number of hydrogen-bond donors (Lipinski definition) is 1. The maximum absolute atomic E-state index is 12.3. The molecule has 7 heteroatoms. The van der Waals surface area contributed by atoms with Crippen LogP contribution in [0, 0.1) is 25.2 Å². The van der Waals surface area contributed by atoms with Crippen LogP contribution >= 0.6 is 0 Å². The van der Waals surface area contributed by atoms with Gasteiger partial charge in [0.1, 0.15) is 6.61 Å². The molecular weight excluding hydrogens is 364 g/mol. The van der Waals surface area contributed by atoms with Gasteiger partial charge in [-0.1, -0.05) is 24.3 Å². The van der Waals surface area contributed by atoms with Gasteiger partial charge in [0.15, 0.2) is 0 Å². The minimum atomic E-state index is -3.60. The van der Waals surface area contributed by atoms with Gasteiger partial charge in [-0.3, -0.25) is 4.79 Å². The van der Waals surface area contributed by atoms with Crippen LogP contribution in [-0.2, 0) is 26.2 Å². The molecule has 0 heterocycles. The Bertz CT molecular complexity index is 962. The molecule has 2 rings (SSSR count). The van der Waals surface area contributed by atoms with Gasteiger partial charge in [-0.05, 0) is 49.6 Å². The van der Waals surface area contributed by atoms with Gasteiger partial charge in [0, 0.05) is 18.5 Å². The summed E-state index contributed by atoms with van der Waals surface area (Å²) in [7, 11) is -3.60. The third kappa shape index (κ3) is 5.91. The third-order valence-electron chi connectivity index (χ3n) is 4.16. The molecule has 0 radical (unpaired) electrons. The van der Waals surface area contributed by atoms with Crippen molar-refractivity contribution in [3.63, 3.8) is 0 Å². The molecule has 6 nitrogen and oxygen atoms in total. The summed E-state index contributed by atoms with van der Waals surface area (Å²) in [5.74, 6) is -0.437. The highest BCUT2D eigenvalue weighted by Crippen LogP contribution is 2.14. The Balaban J connectivity index is 1.78. The lowest BCUT2D eigenvalue weighted by molar-refractivity contribution is -0.145. The van der Waals surface area contributed by atoms with E-state index in [1.165, 1.54) is 0 Å². The van der Waals surface area contributed by atoms with Crippen LogP contribution in [-0.4, -0.2) is 20.9 Å². The van der Waals surface area contributed by atoms with E-state index in [9.17, 15) is 13.2 Å². The smallest absolute Gasteiger partial charge is 0.306 e. The number of carbonyl (C=O) groups is 1. The van der Waals surface area contributed by atoms with Gasteiger partial charge < -0.3 is 4.74 Å². The van der Waals surface area contributed by atoms with Crippen LogP contribution in [0.4, 0.5) is 0 Å². The maximum atomic E-state index is 12.3. The molecule has 0 aliphatic carbocycles. The molecule has 0 amide bonds. The Kier molecular flexibility index (Phi) is 7.11. The molecule has 0 saturated heterocycles. The zero-order valence-electron chi connectivity index (χ0n) is 15.4. The van der Waals surface area contributed by atoms with E-state index in [4.69, 9.17) is 10.00 Å². The van der Waals surface area contributed by atoms with E-state index in [2.05, 4.69) is 4.72 Å². The molecule has 0 saturated carbocycles. The molecule has 0 aliphatic heterocycles. The molecule has 142 valence electrons. The van der Waals surface area contributed by atoms with E-state index in [0.29, 0.717) is 17.5 Å². The summed E-state index contributed by atoms with van der Waals surface area (Å²) in [4.78, 5) is 12.0. The fourth-order valence-corrected chi connectivity index (χ4v) is 3.55. The Morgan fingerprint density at radius 2 is 1.89 bits per heavy atom. The second-order valence-electron chi connectivity index (χ2n) is 6.18. The zero-order chi connectivity index (χ0) is 19.9. The lowest BCUT2D eigenvalue weighted by atomic mass is 10.1. The van der Waals surface area contributed by atoms with Crippen molar-refractivity contribution >= 4 is 16.0 Å². The van der Waals surface area contributed by atoms with Crippen molar-refractivity contribution in [1.82, 2.24) is 4.72 Å². The van der Waals surface area contributed by atoms with Gasteiger partial charge in [0.05, 0.1) is 16.5 Å². The average molecular weight is 386 g/mol. The fourth-order valence-electron chi connectivity index (χ4n) is 2.39. The summed E-state index contributed by atoms with van der Waals surface area (Å²) in [5, 5.41) is 9.00.